The zero-order chi connectivity index (χ0) is 12.9. The van der Waals surface area contributed by atoms with E-state index in [9.17, 15) is 0 Å². The van der Waals surface area contributed by atoms with Crippen LogP contribution in [0.25, 0.3) is 0 Å². The van der Waals surface area contributed by atoms with Gasteiger partial charge in [0, 0.05) is 0 Å². The van der Waals surface area contributed by atoms with Crippen LogP contribution in [0.5, 0.6) is 0 Å². The summed E-state index contributed by atoms with van der Waals surface area (Å²) in [7, 11) is 0. The quantitative estimate of drug-likeness (QED) is 0.420. The van der Waals surface area contributed by atoms with Gasteiger partial charge in [0.25, 0.3) is 0 Å². The summed E-state index contributed by atoms with van der Waals surface area (Å²) in [6.07, 6.45) is 15.9. The molecular formula is C17H36. The predicted octanol–water partition coefficient (Wildman–Crippen LogP) is 6.59. The van der Waals surface area contributed by atoms with E-state index >= 15 is 0 Å². The molecule has 1 fully saturated rings. The van der Waals surface area contributed by atoms with E-state index in [1.807, 2.05) is 0 Å². The van der Waals surface area contributed by atoms with Crippen molar-refractivity contribution in [2.45, 2.75) is 98.3 Å². The van der Waals surface area contributed by atoms with Crippen molar-refractivity contribution >= 4 is 0 Å². The summed E-state index contributed by atoms with van der Waals surface area (Å²) >= 11 is 0. The Hall–Kier alpha value is 0. The van der Waals surface area contributed by atoms with Gasteiger partial charge in [-0.2, -0.15) is 0 Å². The molecule has 1 aliphatic rings. The first-order chi connectivity index (χ1) is 8.26. The fourth-order valence-electron chi connectivity index (χ4n) is 2.50. The molecular weight excluding hydrogens is 204 g/mol. The maximum Gasteiger partial charge on any atom is -0.0388 e. The van der Waals surface area contributed by atoms with Gasteiger partial charge >= 0.3 is 0 Å². The van der Waals surface area contributed by atoms with Gasteiger partial charge in [0.1, 0.15) is 0 Å². The monoisotopic (exact) mass is 240 g/mol. The summed E-state index contributed by atoms with van der Waals surface area (Å²) in [6.45, 7) is 9.16. The van der Waals surface area contributed by atoms with Crippen molar-refractivity contribution < 1.29 is 0 Å². The van der Waals surface area contributed by atoms with Crippen molar-refractivity contribution in [1.29, 1.82) is 0 Å². The molecule has 0 N–H and O–H groups in total. The summed E-state index contributed by atoms with van der Waals surface area (Å²) in [6, 6.07) is 0. The SMILES string of the molecule is CCCCCC.CCCCCCC1CCC1C. The molecule has 1 aliphatic carbocycles. The standard InChI is InChI=1S/C11H22.C6H14/c1-3-4-5-6-7-11-9-8-10(11)2;1-3-5-6-4-2/h10-11H,3-9H2,1-2H3;3-6H2,1-2H3. The van der Waals surface area contributed by atoms with E-state index in [4.69, 9.17) is 0 Å². The zero-order valence-corrected chi connectivity index (χ0v) is 12.9. The topological polar surface area (TPSA) is 0 Å². The minimum Gasteiger partial charge on any atom is -0.0654 e. The molecule has 0 heteroatoms. The van der Waals surface area contributed by atoms with Crippen molar-refractivity contribution in [3.63, 3.8) is 0 Å². The lowest BCUT2D eigenvalue weighted by atomic mass is 9.72. The normalized spacial score (nSPS) is 22.6. The molecule has 0 amide bonds. The highest BCUT2D eigenvalue weighted by atomic mass is 14.3. The van der Waals surface area contributed by atoms with Crippen LogP contribution in [0.15, 0.2) is 0 Å². The summed E-state index contributed by atoms with van der Waals surface area (Å²) in [5, 5.41) is 0. The molecule has 2 unspecified atom stereocenters. The Balaban J connectivity index is 0.000000366. The smallest absolute Gasteiger partial charge is 0.0388 e. The van der Waals surface area contributed by atoms with E-state index in [2.05, 4.69) is 27.7 Å². The molecule has 0 aromatic heterocycles. The van der Waals surface area contributed by atoms with Gasteiger partial charge in [-0.1, -0.05) is 91.9 Å². The third-order valence-electron chi connectivity index (χ3n) is 4.18. The number of unbranched alkanes of at least 4 members (excludes halogenated alkanes) is 6. The Bertz CT molecular complexity index is 135. The highest BCUT2D eigenvalue weighted by Gasteiger charge is 2.25. The Morgan fingerprint density at radius 2 is 1.24 bits per heavy atom. The van der Waals surface area contributed by atoms with E-state index < -0.39 is 0 Å². The van der Waals surface area contributed by atoms with Crippen LogP contribution in [0.1, 0.15) is 98.3 Å². The van der Waals surface area contributed by atoms with Crippen LogP contribution >= 0.6 is 0 Å². The van der Waals surface area contributed by atoms with Crippen LogP contribution in [0.4, 0.5) is 0 Å². The lowest BCUT2D eigenvalue weighted by molar-refractivity contribution is 0.179. The molecule has 0 spiro atoms. The van der Waals surface area contributed by atoms with Gasteiger partial charge in [0.15, 0.2) is 0 Å². The van der Waals surface area contributed by atoms with Crippen molar-refractivity contribution in [1.82, 2.24) is 0 Å². The maximum absolute atomic E-state index is 2.41. The van der Waals surface area contributed by atoms with Gasteiger partial charge in [-0.25, -0.2) is 0 Å². The summed E-state index contributed by atoms with van der Waals surface area (Å²) in [5.74, 6) is 2.16. The van der Waals surface area contributed by atoms with E-state index in [0.717, 1.165) is 11.8 Å². The van der Waals surface area contributed by atoms with Gasteiger partial charge in [-0.05, 0) is 18.3 Å². The van der Waals surface area contributed by atoms with E-state index in [0.29, 0.717) is 0 Å². The van der Waals surface area contributed by atoms with E-state index in [1.54, 1.807) is 0 Å². The molecule has 1 saturated carbocycles. The minimum absolute atomic E-state index is 1.05. The van der Waals surface area contributed by atoms with Gasteiger partial charge in [0.05, 0.1) is 0 Å². The first-order valence-electron chi connectivity index (χ1n) is 8.26. The fourth-order valence-corrected chi connectivity index (χ4v) is 2.50. The molecule has 2 atom stereocenters. The van der Waals surface area contributed by atoms with E-state index in [1.165, 1.54) is 70.6 Å². The Kier molecular flexibility index (Phi) is 12.5. The van der Waals surface area contributed by atoms with Gasteiger partial charge in [0.2, 0.25) is 0 Å². The minimum atomic E-state index is 1.05. The number of hydrogen-bond donors (Lipinski definition) is 0. The largest absolute Gasteiger partial charge is 0.0654 e. The lowest BCUT2D eigenvalue weighted by Gasteiger charge is -2.33. The summed E-state index contributed by atoms with van der Waals surface area (Å²) in [4.78, 5) is 0. The third kappa shape index (κ3) is 9.68. The molecule has 0 aliphatic heterocycles. The molecule has 1 rings (SSSR count). The Morgan fingerprint density at radius 1 is 0.706 bits per heavy atom. The van der Waals surface area contributed by atoms with Crippen LogP contribution in [-0.4, -0.2) is 0 Å². The average Bonchev–Trinajstić information content (AvgIpc) is 2.35. The number of rotatable bonds is 8. The van der Waals surface area contributed by atoms with Gasteiger partial charge in [-0.3, -0.25) is 0 Å². The van der Waals surface area contributed by atoms with Crippen LogP contribution in [0, 0.1) is 11.8 Å². The van der Waals surface area contributed by atoms with Crippen LogP contribution in [-0.2, 0) is 0 Å². The lowest BCUT2D eigenvalue weighted by Crippen LogP contribution is -2.22. The third-order valence-corrected chi connectivity index (χ3v) is 4.18. The molecule has 0 bridgehead atoms. The van der Waals surface area contributed by atoms with Crippen molar-refractivity contribution in [3.05, 3.63) is 0 Å². The first-order valence-corrected chi connectivity index (χ1v) is 8.26. The molecule has 0 nitrogen and oxygen atoms in total. The zero-order valence-electron chi connectivity index (χ0n) is 12.9. The molecule has 0 aromatic rings. The molecule has 104 valence electrons. The maximum atomic E-state index is 2.41. The highest BCUT2D eigenvalue weighted by molar-refractivity contribution is 4.76. The van der Waals surface area contributed by atoms with Gasteiger partial charge in [-0.15, -0.1) is 0 Å². The van der Waals surface area contributed by atoms with Crippen LogP contribution in [0.3, 0.4) is 0 Å². The second-order valence-electron chi connectivity index (χ2n) is 5.87. The second kappa shape index (κ2) is 12.5. The van der Waals surface area contributed by atoms with Crippen molar-refractivity contribution in [2.75, 3.05) is 0 Å². The summed E-state index contributed by atoms with van der Waals surface area (Å²) in [5.41, 5.74) is 0. The van der Waals surface area contributed by atoms with Crippen molar-refractivity contribution in [3.8, 4) is 0 Å². The first kappa shape index (κ1) is 17.0. The molecule has 17 heavy (non-hydrogen) atoms. The number of hydrogen-bond acceptors (Lipinski definition) is 0. The van der Waals surface area contributed by atoms with Gasteiger partial charge < -0.3 is 0 Å². The molecule has 0 radical (unpaired) electrons. The van der Waals surface area contributed by atoms with E-state index in [-0.39, 0.29) is 0 Å². The Morgan fingerprint density at radius 3 is 1.59 bits per heavy atom. The molecule has 0 aromatic carbocycles. The highest BCUT2D eigenvalue weighted by Crippen LogP contribution is 2.37. The molecule has 0 heterocycles. The van der Waals surface area contributed by atoms with Crippen molar-refractivity contribution in [2.24, 2.45) is 11.8 Å². The second-order valence-corrected chi connectivity index (χ2v) is 5.87. The van der Waals surface area contributed by atoms with Crippen LogP contribution in [0.2, 0.25) is 0 Å². The van der Waals surface area contributed by atoms with Crippen LogP contribution < -0.4 is 0 Å². The summed E-state index contributed by atoms with van der Waals surface area (Å²) < 4.78 is 0. The predicted molar refractivity (Wildman–Crippen MR) is 80.5 cm³/mol. The molecule has 0 saturated heterocycles. The Labute approximate surface area is 111 Å². The fraction of sp³-hybridized carbons (Fsp3) is 1.00. The average molecular weight is 240 g/mol.